The molecule has 0 aliphatic heterocycles. The van der Waals surface area contributed by atoms with E-state index in [9.17, 15) is 9.59 Å². The number of aryl methyl sites for hydroxylation is 1. The third-order valence-corrected chi connectivity index (χ3v) is 5.67. The molecule has 2 aromatic rings. The van der Waals surface area contributed by atoms with E-state index in [0.717, 1.165) is 25.5 Å². The number of thioether (sulfide) groups is 2. The molecule has 2 aromatic carbocycles. The van der Waals surface area contributed by atoms with Crippen LogP contribution in [-0.2, 0) is 14.3 Å². The first kappa shape index (κ1) is 19.9. The van der Waals surface area contributed by atoms with Crippen molar-refractivity contribution in [2.24, 2.45) is 0 Å². The summed E-state index contributed by atoms with van der Waals surface area (Å²) in [4.78, 5) is 25.8. The Kier molecular flexibility index (Phi) is 7.87. The van der Waals surface area contributed by atoms with Crippen molar-refractivity contribution in [2.75, 3.05) is 23.9 Å². The molecule has 0 aromatic heterocycles. The van der Waals surface area contributed by atoms with Crippen LogP contribution in [0.15, 0.2) is 56.7 Å². The van der Waals surface area contributed by atoms with Gasteiger partial charge in [0.05, 0.1) is 11.4 Å². The van der Waals surface area contributed by atoms with Crippen LogP contribution in [0.5, 0.6) is 0 Å². The highest BCUT2D eigenvalue weighted by molar-refractivity contribution is 9.10. The zero-order valence-corrected chi connectivity index (χ0v) is 17.1. The van der Waals surface area contributed by atoms with Crippen LogP contribution < -0.4 is 5.32 Å². The van der Waals surface area contributed by atoms with Crippen LogP contribution in [-0.4, -0.2) is 30.5 Å². The van der Waals surface area contributed by atoms with E-state index in [1.54, 1.807) is 11.8 Å². The molecular formula is C18H18BrNO3S2. The summed E-state index contributed by atoms with van der Waals surface area (Å²) in [7, 11) is 0. The number of rotatable bonds is 7. The van der Waals surface area contributed by atoms with Crippen LogP contribution in [0.25, 0.3) is 0 Å². The van der Waals surface area contributed by atoms with Gasteiger partial charge in [0.25, 0.3) is 5.91 Å². The van der Waals surface area contributed by atoms with Gasteiger partial charge in [0.2, 0.25) is 0 Å². The first-order valence-corrected chi connectivity index (χ1v) is 10.5. The number of hydrogen-bond donors (Lipinski definition) is 1. The number of hydrogen-bond acceptors (Lipinski definition) is 5. The minimum atomic E-state index is -0.416. The third kappa shape index (κ3) is 6.41. The van der Waals surface area contributed by atoms with Crippen LogP contribution >= 0.6 is 39.5 Å². The lowest BCUT2D eigenvalue weighted by molar-refractivity contribution is -0.144. The van der Waals surface area contributed by atoms with Crippen molar-refractivity contribution in [3.05, 3.63) is 52.5 Å². The minimum absolute atomic E-state index is 0.164. The van der Waals surface area contributed by atoms with Crippen molar-refractivity contribution >= 4 is 57.0 Å². The summed E-state index contributed by atoms with van der Waals surface area (Å²) >= 11 is 6.34. The Morgan fingerprint density at radius 1 is 1.16 bits per heavy atom. The van der Waals surface area contributed by atoms with Gasteiger partial charge in [-0.1, -0.05) is 28.1 Å². The van der Waals surface area contributed by atoms with Crippen LogP contribution in [0.1, 0.15) is 5.56 Å². The molecule has 0 unspecified atom stereocenters. The van der Waals surface area contributed by atoms with Crippen molar-refractivity contribution in [3.8, 4) is 0 Å². The number of amides is 1. The van der Waals surface area contributed by atoms with Crippen molar-refractivity contribution in [3.63, 3.8) is 0 Å². The van der Waals surface area contributed by atoms with Crippen molar-refractivity contribution in [1.29, 1.82) is 0 Å². The van der Waals surface area contributed by atoms with E-state index in [1.807, 2.05) is 55.6 Å². The molecule has 0 atom stereocenters. The largest absolute Gasteiger partial charge is 0.455 e. The van der Waals surface area contributed by atoms with Gasteiger partial charge in [0.15, 0.2) is 6.61 Å². The Morgan fingerprint density at radius 3 is 2.64 bits per heavy atom. The summed E-state index contributed by atoms with van der Waals surface area (Å²) in [5.74, 6) is -0.600. The Balaban J connectivity index is 1.78. The molecule has 0 aliphatic carbocycles. The predicted octanol–water partition coefficient (Wildman–Crippen LogP) is 4.75. The maximum Gasteiger partial charge on any atom is 0.316 e. The smallest absolute Gasteiger partial charge is 0.316 e. The molecule has 1 N–H and O–H groups in total. The van der Waals surface area contributed by atoms with Crippen LogP contribution in [0.4, 0.5) is 5.69 Å². The Labute approximate surface area is 164 Å². The fraction of sp³-hybridized carbons (Fsp3) is 0.222. The number of carbonyl (C=O) groups is 2. The van der Waals surface area contributed by atoms with Gasteiger partial charge >= 0.3 is 5.97 Å². The summed E-state index contributed by atoms with van der Waals surface area (Å²) < 4.78 is 6.05. The molecule has 1 amide bonds. The van der Waals surface area contributed by atoms with E-state index in [4.69, 9.17) is 4.74 Å². The average Bonchev–Trinajstić information content (AvgIpc) is 2.59. The fourth-order valence-electron chi connectivity index (χ4n) is 2.03. The van der Waals surface area contributed by atoms with Gasteiger partial charge in [-0.25, -0.2) is 0 Å². The number of esters is 1. The SMILES string of the molecule is CSc1ccccc1NC(=O)COC(=O)CSc1ccc(Br)cc1C. The summed E-state index contributed by atoms with van der Waals surface area (Å²) in [5, 5.41) is 2.76. The van der Waals surface area contributed by atoms with Crippen LogP contribution in [0, 0.1) is 6.92 Å². The first-order chi connectivity index (χ1) is 12.0. The zero-order chi connectivity index (χ0) is 18.2. The van der Waals surface area contributed by atoms with Gasteiger partial charge in [-0.15, -0.1) is 23.5 Å². The first-order valence-electron chi connectivity index (χ1n) is 7.47. The molecule has 0 radical (unpaired) electrons. The summed E-state index contributed by atoms with van der Waals surface area (Å²) in [5.41, 5.74) is 1.80. The lowest BCUT2D eigenvalue weighted by Crippen LogP contribution is -2.21. The molecule has 132 valence electrons. The molecule has 25 heavy (non-hydrogen) atoms. The number of nitrogens with one attached hydrogen (secondary N) is 1. The quantitative estimate of drug-likeness (QED) is 0.497. The second kappa shape index (κ2) is 9.89. The lowest BCUT2D eigenvalue weighted by atomic mass is 10.2. The number of benzene rings is 2. The second-order valence-corrected chi connectivity index (χ2v) is 7.89. The van der Waals surface area contributed by atoms with Gasteiger partial charge in [0, 0.05) is 14.3 Å². The molecule has 0 spiro atoms. The number of ether oxygens (including phenoxy) is 1. The third-order valence-electron chi connectivity index (χ3n) is 3.23. The van der Waals surface area contributed by atoms with E-state index in [1.165, 1.54) is 11.8 Å². The monoisotopic (exact) mass is 439 g/mol. The van der Waals surface area contributed by atoms with Crippen molar-refractivity contribution in [2.45, 2.75) is 16.7 Å². The molecule has 7 heteroatoms. The maximum absolute atomic E-state index is 11.9. The highest BCUT2D eigenvalue weighted by Crippen LogP contribution is 2.26. The molecule has 0 heterocycles. The molecule has 0 fully saturated rings. The van der Waals surface area contributed by atoms with Crippen LogP contribution in [0.2, 0.25) is 0 Å². The molecule has 0 bridgehead atoms. The predicted molar refractivity (Wildman–Crippen MR) is 107 cm³/mol. The number of para-hydroxylation sites is 1. The number of anilines is 1. The van der Waals surface area contributed by atoms with E-state index in [-0.39, 0.29) is 18.3 Å². The molecular weight excluding hydrogens is 422 g/mol. The molecule has 2 rings (SSSR count). The average molecular weight is 440 g/mol. The standard InChI is InChI=1S/C18H18BrNO3S2/c1-12-9-13(19)7-8-15(12)25-11-18(22)23-10-17(21)20-14-5-3-4-6-16(14)24-2/h3-9H,10-11H2,1-2H3,(H,20,21). The van der Waals surface area contributed by atoms with Crippen molar-refractivity contribution < 1.29 is 14.3 Å². The van der Waals surface area contributed by atoms with Gasteiger partial charge < -0.3 is 10.1 Å². The molecule has 0 saturated carbocycles. The number of carbonyl (C=O) groups excluding carboxylic acids is 2. The minimum Gasteiger partial charge on any atom is -0.455 e. The van der Waals surface area contributed by atoms with E-state index >= 15 is 0 Å². The maximum atomic E-state index is 11.9. The van der Waals surface area contributed by atoms with E-state index < -0.39 is 5.97 Å². The second-order valence-electron chi connectivity index (χ2n) is 5.11. The Morgan fingerprint density at radius 2 is 1.92 bits per heavy atom. The highest BCUT2D eigenvalue weighted by Gasteiger charge is 2.11. The van der Waals surface area contributed by atoms with Crippen LogP contribution in [0.3, 0.4) is 0 Å². The van der Waals surface area contributed by atoms with Gasteiger partial charge in [-0.3, -0.25) is 9.59 Å². The summed E-state index contributed by atoms with van der Waals surface area (Å²) in [6.07, 6.45) is 1.94. The lowest BCUT2D eigenvalue weighted by Gasteiger charge is -2.10. The van der Waals surface area contributed by atoms with E-state index in [2.05, 4.69) is 21.2 Å². The van der Waals surface area contributed by atoms with Gasteiger partial charge in [0.1, 0.15) is 0 Å². The zero-order valence-electron chi connectivity index (χ0n) is 13.9. The Hall–Kier alpha value is -1.44. The fourth-order valence-corrected chi connectivity index (χ4v) is 3.87. The van der Waals surface area contributed by atoms with Gasteiger partial charge in [-0.2, -0.15) is 0 Å². The van der Waals surface area contributed by atoms with Crippen molar-refractivity contribution in [1.82, 2.24) is 0 Å². The normalized spacial score (nSPS) is 10.4. The molecule has 0 saturated heterocycles. The topological polar surface area (TPSA) is 55.4 Å². The molecule has 0 aliphatic rings. The number of halogens is 1. The van der Waals surface area contributed by atoms with Gasteiger partial charge in [-0.05, 0) is 49.1 Å². The Bertz CT molecular complexity index is 768. The highest BCUT2D eigenvalue weighted by atomic mass is 79.9. The molecule has 4 nitrogen and oxygen atoms in total. The summed E-state index contributed by atoms with van der Waals surface area (Å²) in [6, 6.07) is 13.4. The summed E-state index contributed by atoms with van der Waals surface area (Å²) in [6.45, 7) is 1.69. The van der Waals surface area contributed by atoms with E-state index in [0.29, 0.717) is 0 Å².